The quantitative estimate of drug-likeness (QED) is 0.816. The summed E-state index contributed by atoms with van der Waals surface area (Å²) in [5.74, 6) is 1.59. The van der Waals surface area contributed by atoms with Gasteiger partial charge in [-0.25, -0.2) is 0 Å². The molecule has 15 heavy (non-hydrogen) atoms. The molecule has 1 aromatic rings. The minimum absolute atomic E-state index is 0.396. The van der Waals surface area contributed by atoms with Crippen LogP contribution in [0.3, 0.4) is 0 Å². The van der Waals surface area contributed by atoms with Gasteiger partial charge in [-0.1, -0.05) is 0 Å². The van der Waals surface area contributed by atoms with Gasteiger partial charge in [0.25, 0.3) is 0 Å². The molecule has 1 fully saturated rings. The predicted octanol–water partition coefficient (Wildman–Crippen LogP) is 1.51. The van der Waals surface area contributed by atoms with E-state index in [9.17, 15) is 0 Å². The fraction of sp³-hybridized carbons (Fsp3) is 0.455. The molecule has 1 heterocycles. The van der Waals surface area contributed by atoms with Crippen LogP contribution in [0.2, 0.25) is 0 Å². The molecule has 0 bridgehead atoms. The lowest BCUT2D eigenvalue weighted by Crippen LogP contribution is -2.40. The second kappa shape index (κ2) is 4.40. The van der Waals surface area contributed by atoms with Crippen molar-refractivity contribution >= 4 is 5.69 Å². The highest BCUT2D eigenvalue weighted by Gasteiger charge is 2.19. The molecule has 1 aliphatic heterocycles. The summed E-state index contributed by atoms with van der Waals surface area (Å²) in [6.45, 7) is 1.52. The van der Waals surface area contributed by atoms with Gasteiger partial charge in [-0.15, -0.1) is 0 Å². The molecule has 82 valence electrons. The maximum atomic E-state index is 5.27. The Bertz CT molecular complexity index is 337. The average Bonchev–Trinajstić information content (AvgIpc) is 2.23. The monoisotopic (exact) mass is 209 g/mol. The van der Waals surface area contributed by atoms with Gasteiger partial charge in [-0.2, -0.15) is 0 Å². The Morgan fingerprint density at radius 3 is 2.60 bits per heavy atom. The third-order valence-corrected chi connectivity index (χ3v) is 2.41. The van der Waals surface area contributed by atoms with Crippen molar-refractivity contribution in [3.8, 4) is 11.5 Å². The van der Waals surface area contributed by atoms with Crippen LogP contribution in [0.25, 0.3) is 0 Å². The third-order valence-electron chi connectivity index (χ3n) is 2.41. The van der Waals surface area contributed by atoms with E-state index in [0.29, 0.717) is 6.04 Å². The van der Waals surface area contributed by atoms with Crippen LogP contribution in [0.4, 0.5) is 5.69 Å². The van der Waals surface area contributed by atoms with Gasteiger partial charge in [0.2, 0.25) is 0 Å². The summed E-state index contributed by atoms with van der Waals surface area (Å²) in [7, 11) is 3.29. The predicted molar refractivity (Wildman–Crippen MR) is 57.8 cm³/mol. The van der Waals surface area contributed by atoms with Crippen LogP contribution in [-0.2, 0) is 4.74 Å². The second-order valence-corrected chi connectivity index (χ2v) is 3.44. The molecule has 2 rings (SSSR count). The smallest absolute Gasteiger partial charge is 0.145 e. The number of rotatable bonds is 4. The minimum atomic E-state index is 0.396. The van der Waals surface area contributed by atoms with E-state index < -0.39 is 0 Å². The molecule has 1 saturated heterocycles. The first-order valence-corrected chi connectivity index (χ1v) is 4.90. The van der Waals surface area contributed by atoms with E-state index in [2.05, 4.69) is 5.32 Å². The van der Waals surface area contributed by atoms with E-state index in [1.807, 2.05) is 18.2 Å². The van der Waals surface area contributed by atoms with Crippen molar-refractivity contribution in [1.29, 1.82) is 0 Å². The lowest BCUT2D eigenvalue weighted by Gasteiger charge is -2.28. The standard InChI is InChI=1S/C11H15NO3/c1-13-9-3-4-10(11(5-9)14-2)12-8-6-15-7-8/h3-5,8,12H,6-7H2,1-2H3. The Hall–Kier alpha value is -1.42. The van der Waals surface area contributed by atoms with Crippen molar-refractivity contribution in [1.82, 2.24) is 0 Å². The number of nitrogens with one attached hydrogen (secondary N) is 1. The summed E-state index contributed by atoms with van der Waals surface area (Å²) in [6, 6.07) is 6.12. The van der Waals surface area contributed by atoms with Crippen LogP contribution in [-0.4, -0.2) is 33.5 Å². The van der Waals surface area contributed by atoms with E-state index in [1.165, 1.54) is 0 Å². The normalized spacial score (nSPS) is 15.6. The van der Waals surface area contributed by atoms with Crippen LogP contribution in [0.15, 0.2) is 18.2 Å². The van der Waals surface area contributed by atoms with Crippen LogP contribution in [0.5, 0.6) is 11.5 Å². The Morgan fingerprint density at radius 2 is 2.07 bits per heavy atom. The third kappa shape index (κ3) is 2.15. The molecule has 0 spiro atoms. The number of hydrogen-bond acceptors (Lipinski definition) is 4. The topological polar surface area (TPSA) is 39.7 Å². The summed E-state index contributed by atoms with van der Waals surface area (Å²) in [6.07, 6.45) is 0. The van der Waals surface area contributed by atoms with Gasteiger partial charge in [-0.3, -0.25) is 0 Å². The van der Waals surface area contributed by atoms with Crippen LogP contribution >= 0.6 is 0 Å². The largest absolute Gasteiger partial charge is 0.497 e. The molecule has 0 unspecified atom stereocenters. The fourth-order valence-corrected chi connectivity index (χ4v) is 1.46. The molecule has 1 N–H and O–H groups in total. The molecule has 4 nitrogen and oxygen atoms in total. The summed E-state index contributed by atoms with van der Waals surface area (Å²) in [5.41, 5.74) is 0.978. The molecular formula is C11H15NO3. The number of benzene rings is 1. The Morgan fingerprint density at radius 1 is 1.27 bits per heavy atom. The molecule has 0 saturated carbocycles. The minimum Gasteiger partial charge on any atom is -0.497 e. The van der Waals surface area contributed by atoms with Gasteiger partial charge in [0, 0.05) is 6.07 Å². The molecule has 0 aromatic heterocycles. The van der Waals surface area contributed by atoms with Crippen molar-refractivity contribution in [3.63, 3.8) is 0 Å². The van der Waals surface area contributed by atoms with E-state index >= 15 is 0 Å². The van der Waals surface area contributed by atoms with Gasteiger partial charge in [0.15, 0.2) is 0 Å². The zero-order chi connectivity index (χ0) is 10.7. The Labute approximate surface area is 89.1 Å². The molecular weight excluding hydrogens is 194 g/mol. The number of hydrogen-bond donors (Lipinski definition) is 1. The average molecular weight is 209 g/mol. The Kier molecular flexibility index (Phi) is 2.97. The molecule has 4 heteroatoms. The number of anilines is 1. The van der Waals surface area contributed by atoms with E-state index in [-0.39, 0.29) is 0 Å². The summed E-state index contributed by atoms with van der Waals surface area (Å²) in [4.78, 5) is 0. The molecule has 1 aromatic carbocycles. The number of methoxy groups -OCH3 is 2. The molecule has 0 amide bonds. The maximum absolute atomic E-state index is 5.27. The van der Waals surface area contributed by atoms with Gasteiger partial charge < -0.3 is 19.5 Å². The van der Waals surface area contributed by atoms with Crippen molar-refractivity contribution in [2.24, 2.45) is 0 Å². The highest BCUT2D eigenvalue weighted by molar-refractivity contribution is 5.59. The highest BCUT2D eigenvalue weighted by Crippen LogP contribution is 2.30. The van der Waals surface area contributed by atoms with Crippen molar-refractivity contribution in [2.45, 2.75) is 6.04 Å². The van der Waals surface area contributed by atoms with Crippen LogP contribution in [0.1, 0.15) is 0 Å². The van der Waals surface area contributed by atoms with Gasteiger partial charge >= 0.3 is 0 Å². The molecule has 0 radical (unpaired) electrons. The van der Waals surface area contributed by atoms with Gasteiger partial charge in [0.1, 0.15) is 11.5 Å². The lowest BCUT2D eigenvalue weighted by atomic mass is 10.2. The van der Waals surface area contributed by atoms with E-state index in [1.54, 1.807) is 14.2 Å². The van der Waals surface area contributed by atoms with Crippen LogP contribution in [0, 0.1) is 0 Å². The van der Waals surface area contributed by atoms with E-state index in [4.69, 9.17) is 14.2 Å². The summed E-state index contributed by atoms with van der Waals surface area (Å²) in [5, 5.41) is 3.34. The molecule has 1 aliphatic rings. The first-order valence-electron chi connectivity index (χ1n) is 4.90. The second-order valence-electron chi connectivity index (χ2n) is 3.44. The lowest BCUT2D eigenvalue weighted by molar-refractivity contribution is 0.0210. The number of ether oxygens (including phenoxy) is 3. The highest BCUT2D eigenvalue weighted by atomic mass is 16.5. The zero-order valence-electron chi connectivity index (χ0n) is 8.95. The maximum Gasteiger partial charge on any atom is 0.145 e. The SMILES string of the molecule is COc1ccc(NC2COC2)c(OC)c1. The Balaban J connectivity index is 2.13. The summed E-state index contributed by atoms with van der Waals surface area (Å²) < 4.78 is 15.5. The van der Waals surface area contributed by atoms with Crippen molar-refractivity contribution in [2.75, 3.05) is 32.8 Å². The van der Waals surface area contributed by atoms with Crippen molar-refractivity contribution < 1.29 is 14.2 Å². The van der Waals surface area contributed by atoms with Crippen molar-refractivity contribution in [3.05, 3.63) is 18.2 Å². The van der Waals surface area contributed by atoms with Crippen LogP contribution < -0.4 is 14.8 Å². The first-order chi connectivity index (χ1) is 7.33. The fourth-order valence-electron chi connectivity index (χ4n) is 1.46. The van der Waals surface area contributed by atoms with Gasteiger partial charge in [-0.05, 0) is 12.1 Å². The molecule has 0 aliphatic carbocycles. The first kappa shape index (κ1) is 10.1. The van der Waals surface area contributed by atoms with Gasteiger partial charge in [0.05, 0.1) is 39.2 Å². The summed E-state index contributed by atoms with van der Waals surface area (Å²) >= 11 is 0. The van der Waals surface area contributed by atoms with E-state index in [0.717, 1.165) is 30.4 Å². The molecule has 0 atom stereocenters. The zero-order valence-corrected chi connectivity index (χ0v) is 8.95.